The third-order valence-electron chi connectivity index (χ3n) is 3.04. The molecule has 0 aromatic heterocycles. The van der Waals surface area contributed by atoms with E-state index in [1.165, 1.54) is 4.31 Å². The summed E-state index contributed by atoms with van der Waals surface area (Å²) in [5.74, 6) is 5.27. The molecule has 0 aliphatic heterocycles. The highest BCUT2D eigenvalue weighted by molar-refractivity contribution is 7.89. The number of aliphatic hydroxyl groups excluding tert-OH is 1. The van der Waals surface area contributed by atoms with Gasteiger partial charge >= 0.3 is 0 Å². The third-order valence-corrected chi connectivity index (χ3v) is 5.18. The molecular formula is C16H23NO3S. The molecule has 5 heteroatoms. The molecule has 0 amide bonds. The summed E-state index contributed by atoms with van der Waals surface area (Å²) < 4.78 is 27.2. The van der Waals surface area contributed by atoms with Crippen molar-refractivity contribution in [2.24, 2.45) is 0 Å². The maximum absolute atomic E-state index is 12.9. The van der Waals surface area contributed by atoms with Gasteiger partial charge in [-0.05, 0) is 44.9 Å². The normalized spacial score (nSPS) is 11.6. The Bertz CT molecular complexity index is 639. The standard InChI is InChI=1S/C16H23NO3S/c1-5-10-17(13(2)3)21(19,20)16-9-8-14(4)12-15(16)7-6-11-18/h8-9,12-13,18H,5,10-11H2,1-4H3. The molecule has 116 valence electrons. The fraction of sp³-hybridized carbons (Fsp3) is 0.500. The van der Waals surface area contributed by atoms with Gasteiger partial charge in [-0.2, -0.15) is 4.31 Å². The van der Waals surface area contributed by atoms with Crippen LogP contribution in [0, 0.1) is 18.8 Å². The minimum Gasteiger partial charge on any atom is -0.384 e. The second-order valence-electron chi connectivity index (χ2n) is 5.17. The van der Waals surface area contributed by atoms with Gasteiger partial charge in [0, 0.05) is 18.2 Å². The summed E-state index contributed by atoms with van der Waals surface area (Å²) in [5, 5.41) is 8.84. The van der Waals surface area contributed by atoms with Gasteiger partial charge in [-0.25, -0.2) is 8.42 Å². The van der Waals surface area contributed by atoms with E-state index in [9.17, 15) is 8.42 Å². The van der Waals surface area contributed by atoms with E-state index in [-0.39, 0.29) is 17.5 Å². The van der Waals surface area contributed by atoms with Crippen molar-refractivity contribution < 1.29 is 13.5 Å². The van der Waals surface area contributed by atoms with Crippen molar-refractivity contribution in [2.75, 3.05) is 13.2 Å². The van der Waals surface area contributed by atoms with Gasteiger partial charge in [-0.15, -0.1) is 0 Å². The minimum atomic E-state index is -3.59. The molecular weight excluding hydrogens is 286 g/mol. The summed E-state index contributed by atoms with van der Waals surface area (Å²) >= 11 is 0. The smallest absolute Gasteiger partial charge is 0.244 e. The van der Waals surface area contributed by atoms with Gasteiger partial charge in [0.25, 0.3) is 0 Å². The first kappa shape index (κ1) is 17.7. The number of aryl methyl sites for hydroxylation is 1. The van der Waals surface area contributed by atoms with Crippen LogP contribution in [0.3, 0.4) is 0 Å². The van der Waals surface area contributed by atoms with Gasteiger partial charge in [-0.3, -0.25) is 0 Å². The summed E-state index contributed by atoms with van der Waals surface area (Å²) in [6.45, 7) is 7.73. The molecule has 1 N–H and O–H groups in total. The van der Waals surface area contributed by atoms with Gasteiger partial charge in [0.2, 0.25) is 10.0 Å². The van der Waals surface area contributed by atoms with Crippen molar-refractivity contribution in [3.05, 3.63) is 29.3 Å². The van der Waals surface area contributed by atoms with Crippen LogP contribution in [0.4, 0.5) is 0 Å². The van der Waals surface area contributed by atoms with Crippen molar-refractivity contribution in [3.63, 3.8) is 0 Å². The van der Waals surface area contributed by atoms with E-state index < -0.39 is 10.0 Å². The highest BCUT2D eigenvalue weighted by Crippen LogP contribution is 2.23. The maximum Gasteiger partial charge on any atom is 0.244 e. The lowest BCUT2D eigenvalue weighted by Gasteiger charge is -2.26. The zero-order chi connectivity index (χ0) is 16.0. The van der Waals surface area contributed by atoms with E-state index in [0.717, 1.165) is 12.0 Å². The van der Waals surface area contributed by atoms with Gasteiger partial charge in [-0.1, -0.05) is 24.8 Å². The lowest BCUT2D eigenvalue weighted by atomic mass is 10.1. The monoisotopic (exact) mass is 309 g/mol. The van der Waals surface area contributed by atoms with Gasteiger partial charge in [0.1, 0.15) is 6.61 Å². The SMILES string of the molecule is CCCN(C(C)C)S(=O)(=O)c1ccc(C)cc1C#CCO. The van der Waals surface area contributed by atoms with Crippen LogP contribution in [0.15, 0.2) is 23.1 Å². The number of aliphatic hydroxyl groups is 1. The quantitative estimate of drug-likeness (QED) is 0.848. The summed E-state index contributed by atoms with van der Waals surface area (Å²) in [4.78, 5) is 0.205. The average Bonchev–Trinajstić information content (AvgIpc) is 2.41. The molecule has 1 aromatic rings. The van der Waals surface area contributed by atoms with Crippen LogP contribution in [-0.4, -0.2) is 37.0 Å². The fourth-order valence-corrected chi connectivity index (χ4v) is 3.96. The molecule has 0 radical (unpaired) electrons. The van der Waals surface area contributed by atoms with Crippen LogP contribution in [-0.2, 0) is 10.0 Å². The van der Waals surface area contributed by atoms with Crippen molar-refractivity contribution in [2.45, 2.75) is 45.1 Å². The molecule has 0 spiro atoms. The van der Waals surface area contributed by atoms with E-state index in [2.05, 4.69) is 11.8 Å². The van der Waals surface area contributed by atoms with E-state index in [4.69, 9.17) is 5.11 Å². The van der Waals surface area contributed by atoms with E-state index in [1.54, 1.807) is 18.2 Å². The van der Waals surface area contributed by atoms with Gasteiger partial charge in [0.05, 0.1) is 4.90 Å². The van der Waals surface area contributed by atoms with Crippen LogP contribution in [0.25, 0.3) is 0 Å². The molecule has 0 heterocycles. The van der Waals surface area contributed by atoms with Crippen molar-refractivity contribution >= 4 is 10.0 Å². The Hall–Kier alpha value is -1.35. The average molecular weight is 309 g/mol. The number of benzene rings is 1. The molecule has 4 nitrogen and oxygen atoms in total. The molecule has 21 heavy (non-hydrogen) atoms. The van der Waals surface area contributed by atoms with Gasteiger partial charge in [0.15, 0.2) is 0 Å². The zero-order valence-electron chi connectivity index (χ0n) is 13.0. The molecule has 0 aliphatic carbocycles. The van der Waals surface area contributed by atoms with Crippen molar-refractivity contribution in [1.29, 1.82) is 0 Å². The predicted molar refractivity (Wildman–Crippen MR) is 84.5 cm³/mol. The first-order valence-corrected chi connectivity index (χ1v) is 8.50. The van der Waals surface area contributed by atoms with Crippen LogP contribution in [0.5, 0.6) is 0 Å². The summed E-state index contributed by atoms with van der Waals surface area (Å²) in [7, 11) is -3.59. The highest BCUT2D eigenvalue weighted by atomic mass is 32.2. The molecule has 0 unspecified atom stereocenters. The number of hydrogen-bond acceptors (Lipinski definition) is 3. The molecule has 1 aromatic carbocycles. The van der Waals surface area contributed by atoms with E-state index in [1.807, 2.05) is 27.7 Å². The number of nitrogens with zero attached hydrogens (tertiary/aromatic N) is 1. The maximum atomic E-state index is 12.9. The summed E-state index contributed by atoms with van der Waals surface area (Å²) in [6, 6.07) is 4.98. The Balaban J connectivity index is 3.42. The number of sulfonamides is 1. The predicted octanol–water partition coefficient (Wildman–Crippen LogP) is 2.15. The number of rotatable bonds is 5. The second kappa shape index (κ2) is 7.60. The first-order chi connectivity index (χ1) is 9.84. The molecule has 1 rings (SSSR count). The molecule has 0 aliphatic rings. The van der Waals surface area contributed by atoms with Gasteiger partial charge < -0.3 is 5.11 Å². The largest absolute Gasteiger partial charge is 0.384 e. The Morgan fingerprint density at radius 3 is 2.52 bits per heavy atom. The van der Waals surface area contributed by atoms with Crippen molar-refractivity contribution in [1.82, 2.24) is 4.31 Å². The molecule has 0 bridgehead atoms. The van der Waals surface area contributed by atoms with Crippen LogP contribution >= 0.6 is 0 Å². The lowest BCUT2D eigenvalue weighted by molar-refractivity contribution is 0.350. The summed E-state index contributed by atoms with van der Waals surface area (Å²) in [5.41, 5.74) is 1.37. The Labute approximate surface area is 127 Å². The second-order valence-corrected chi connectivity index (χ2v) is 7.03. The lowest BCUT2D eigenvalue weighted by Crippen LogP contribution is -2.37. The Morgan fingerprint density at radius 2 is 2.00 bits per heavy atom. The third kappa shape index (κ3) is 4.31. The van der Waals surface area contributed by atoms with E-state index in [0.29, 0.717) is 12.1 Å². The van der Waals surface area contributed by atoms with Crippen molar-refractivity contribution in [3.8, 4) is 11.8 Å². The topological polar surface area (TPSA) is 57.6 Å². The van der Waals surface area contributed by atoms with E-state index >= 15 is 0 Å². The summed E-state index contributed by atoms with van der Waals surface area (Å²) in [6.07, 6.45) is 0.751. The zero-order valence-corrected chi connectivity index (χ0v) is 13.9. The van der Waals surface area contributed by atoms with Crippen LogP contribution in [0.2, 0.25) is 0 Å². The highest BCUT2D eigenvalue weighted by Gasteiger charge is 2.28. The van der Waals surface area contributed by atoms with Crippen LogP contribution < -0.4 is 0 Å². The molecule has 0 fully saturated rings. The molecule has 0 saturated heterocycles. The molecule has 0 saturated carbocycles. The Kier molecular flexibility index (Phi) is 6.41. The number of hydrogen-bond donors (Lipinski definition) is 1. The minimum absolute atomic E-state index is 0.116. The molecule has 0 atom stereocenters. The fourth-order valence-electron chi connectivity index (χ4n) is 2.10. The first-order valence-electron chi connectivity index (χ1n) is 7.06. The Morgan fingerprint density at radius 1 is 1.33 bits per heavy atom. The van der Waals surface area contributed by atoms with Crippen LogP contribution in [0.1, 0.15) is 38.3 Å².